The van der Waals surface area contributed by atoms with Crippen molar-refractivity contribution in [1.82, 2.24) is 0 Å². The number of benzene rings is 1. The minimum absolute atomic E-state index is 0.473. The predicted octanol–water partition coefficient (Wildman–Crippen LogP) is 2.85. The van der Waals surface area contributed by atoms with Crippen molar-refractivity contribution in [2.24, 2.45) is 0 Å². The molecule has 0 aliphatic carbocycles. The Balaban J connectivity index is 3.07. The van der Waals surface area contributed by atoms with E-state index in [1.807, 2.05) is 18.2 Å². The van der Waals surface area contributed by atoms with Crippen molar-refractivity contribution in [3.05, 3.63) is 23.8 Å². The number of hydrogen-bond donors (Lipinski definition) is 1. The summed E-state index contributed by atoms with van der Waals surface area (Å²) in [5.74, 6) is 0.473. The van der Waals surface area contributed by atoms with E-state index in [9.17, 15) is 0 Å². The molecule has 2 nitrogen and oxygen atoms in total. The molecule has 0 radical (unpaired) electrons. The van der Waals surface area contributed by atoms with Crippen LogP contribution >= 0.6 is 11.6 Å². The van der Waals surface area contributed by atoms with Gasteiger partial charge in [-0.3, -0.25) is 0 Å². The highest BCUT2D eigenvalue weighted by atomic mass is 35.5. The van der Waals surface area contributed by atoms with E-state index in [0.717, 1.165) is 30.0 Å². The van der Waals surface area contributed by atoms with Crippen molar-refractivity contribution in [3.63, 3.8) is 0 Å². The van der Waals surface area contributed by atoms with Crippen LogP contribution in [-0.4, -0.2) is 13.1 Å². The fourth-order valence-corrected chi connectivity index (χ4v) is 1.79. The Morgan fingerprint density at radius 1 is 1.29 bits per heavy atom. The fourth-order valence-electron chi connectivity index (χ4n) is 1.56. The molecule has 0 saturated heterocycles. The van der Waals surface area contributed by atoms with Crippen LogP contribution in [0.3, 0.4) is 0 Å². The molecule has 0 aliphatic heterocycles. The van der Waals surface area contributed by atoms with Crippen LogP contribution in [0, 0.1) is 0 Å². The van der Waals surface area contributed by atoms with Gasteiger partial charge in [0.1, 0.15) is 0 Å². The topological polar surface area (TPSA) is 29.3 Å². The van der Waals surface area contributed by atoms with E-state index < -0.39 is 0 Å². The van der Waals surface area contributed by atoms with Gasteiger partial charge < -0.3 is 10.6 Å². The van der Waals surface area contributed by atoms with Gasteiger partial charge in [0.05, 0.1) is 11.4 Å². The van der Waals surface area contributed by atoms with Crippen molar-refractivity contribution >= 4 is 23.0 Å². The first-order valence-electron chi connectivity index (χ1n) is 4.92. The van der Waals surface area contributed by atoms with Crippen LogP contribution < -0.4 is 10.6 Å². The van der Waals surface area contributed by atoms with Crippen LogP contribution in [0.25, 0.3) is 0 Å². The third-order valence-corrected chi connectivity index (χ3v) is 2.71. The maximum atomic E-state index is 6.02. The Hall–Kier alpha value is -0.890. The largest absolute Gasteiger partial charge is 0.397 e. The number of anilines is 2. The first-order valence-corrected chi connectivity index (χ1v) is 5.46. The smallest absolute Gasteiger partial charge is 0.0603 e. The highest BCUT2D eigenvalue weighted by molar-refractivity contribution is 6.17. The number of rotatable bonds is 4. The summed E-state index contributed by atoms with van der Waals surface area (Å²) < 4.78 is 0. The van der Waals surface area contributed by atoms with Crippen LogP contribution in [0.1, 0.15) is 19.4 Å². The summed E-state index contributed by atoms with van der Waals surface area (Å²) in [5, 5.41) is 0. The molecule has 0 spiro atoms. The van der Waals surface area contributed by atoms with Gasteiger partial charge in [0.15, 0.2) is 0 Å². The number of nitrogens with zero attached hydrogens (tertiary/aromatic N) is 1. The zero-order valence-electron chi connectivity index (χ0n) is 8.76. The molecule has 2 N–H and O–H groups in total. The number of hydrogen-bond acceptors (Lipinski definition) is 2. The summed E-state index contributed by atoms with van der Waals surface area (Å²) >= 11 is 5.80. The molecule has 0 atom stereocenters. The monoisotopic (exact) mass is 212 g/mol. The summed E-state index contributed by atoms with van der Waals surface area (Å²) in [7, 11) is 0. The SMILES string of the molecule is CCN(CC)c1cccc(CCl)c1N. The van der Waals surface area contributed by atoms with E-state index in [0.29, 0.717) is 5.88 Å². The van der Waals surface area contributed by atoms with Crippen LogP contribution in [0.15, 0.2) is 18.2 Å². The van der Waals surface area contributed by atoms with Gasteiger partial charge in [-0.1, -0.05) is 12.1 Å². The molecule has 1 aromatic rings. The molecule has 0 heterocycles. The van der Waals surface area contributed by atoms with Crippen LogP contribution in [-0.2, 0) is 5.88 Å². The Labute approximate surface area is 90.7 Å². The van der Waals surface area contributed by atoms with E-state index >= 15 is 0 Å². The van der Waals surface area contributed by atoms with Crippen LogP contribution in [0.5, 0.6) is 0 Å². The van der Waals surface area contributed by atoms with Crippen LogP contribution in [0.2, 0.25) is 0 Å². The molecule has 0 fully saturated rings. The van der Waals surface area contributed by atoms with Gasteiger partial charge in [-0.15, -0.1) is 11.6 Å². The van der Waals surface area contributed by atoms with Gasteiger partial charge in [-0.2, -0.15) is 0 Å². The minimum atomic E-state index is 0.473. The van der Waals surface area contributed by atoms with Gasteiger partial charge >= 0.3 is 0 Å². The van der Waals surface area contributed by atoms with Crippen molar-refractivity contribution in [2.45, 2.75) is 19.7 Å². The highest BCUT2D eigenvalue weighted by Gasteiger charge is 2.08. The fraction of sp³-hybridized carbons (Fsp3) is 0.455. The maximum absolute atomic E-state index is 6.02. The molecule has 14 heavy (non-hydrogen) atoms. The summed E-state index contributed by atoms with van der Waals surface area (Å²) in [6.07, 6.45) is 0. The zero-order chi connectivity index (χ0) is 10.6. The Bertz CT molecular complexity index is 295. The number of nitrogen functional groups attached to an aromatic ring is 1. The van der Waals surface area contributed by atoms with Gasteiger partial charge in [0, 0.05) is 19.0 Å². The molecule has 1 rings (SSSR count). The molecule has 0 amide bonds. The van der Waals surface area contributed by atoms with E-state index in [2.05, 4.69) is 18.7 Å². The first-order chi connectivity index (χ1) is 6.74. The third kappa shape index (κ3) is 2.13. The lowest BCUT2D eigenvalue weighted by Gasteiger charge is -2.23. The molecule has 78 valence electrons. The van der Waals surface area contributed by atoms with Gasteiger partial charge in [0.25, 0.3) is 0 Å². The van der Waals surface area contributed by atoms with Crippen LogP contribution in [0.4, 0.5) is 11.4 Å². The van der Waals surface area contributed by atoms with E-state index in [-0.39, 0.29) is 0 Å². The first kappa shape index (κ1) is 11.2. The standard InChI is InChI=1S/C11H17ClN2/c1-3-14(4-2)10-7-5-6-9(8-12)11(10)13/h5-7H,3-4,8,13H2,1-2H3. The number of para-hydroxylation sites is 1. The molecular weight excluding hydrogens is 196 g/mol. The van der Waals surface area contributed by atoms with E-state index in [1.54, 1.807) is 0 Å². The zero-order valence-corrected chi connectivity index (χ0v) is 9.51. The normalized spacial score (nSPS) is 10.2. The second-order valence-corrected chi connectivity index (χ2v) is 3.42. The molecule has 0 aromatic heterocycles. The Morgan fingerprint density at radius 3 is 2.43 bits per heavy atom. The average Bonchev–Trinajstić information content (AvgIpc) is 2.22. The summed E-state index contributed by atoms with van der Waals surface area (Å²) in [6.45, 7) is 6.17. The average molecular weight is 213 g/mol. The van der Waals surface area contributed by atoms with Crippen molar-refractivity contribution < 1.29 is 0 Å². The summed E-state index contributed by atoms with van der Waals surface area (Å²) in [5.41, 5.74) is 8.93. The van der Waals surface area contributed by atoms with Gasteiger partial charge in [0.2, 0.25) is 0 Å². The second-order valence-electron chi connectivity index (χ2n) is 3.16. The lowest BCUT2D eigenvalue weighted by molar-refractivity contribution is 0.867. The van der Waals surface area contributed by atoms with Crippen molar-refractivity contribution in [2.75, 3.05) is 23.7 Å². The molecular formula is C11H17ClN2. The lowest BCUT2D eigenvalue weighted by atomic mass is 10.1. The lowest BCUT2D eigenvalue weighted by Crippen LogP contribution is -2.23. The van der Waals surface area contributed by atoms with Crippen molar-refractivity contribution in [1.29, 1.82) is 0 Å². The summed E-state index contributed by atoms with van der Waals surface area (Å²) in [4.78, 5) is 2.23. The van der Waals surface area contributed by atoms with Gasteiger partial charge in [-0.05, 0) is 25.5 Å². The molecule has 0 unspecified atom stereocenters. The quantitative estimate of drug-likeness (QED) is 0.615. The Kier molecular flexibility index (Phi) is 4.08. The maximum Gasteiger partial charge on any atom is 0.0603 e. The third-order valence-electron chi connectivity index (χ3n) is 2.42. The number of nitrogens with two attached hydrogens (primary N) is 1. The molecule has 0 saturated carbocycles. The molecule has 0 bridgehead atoms. The molecule has 3 heteroatoms. The second kappa shape index (κ2) is 5.11. The predicted molar refractivity (Wildman–Crippen MR) is 64.0 cm³/mol. The number of alkyl halides is 1. The summed E-state index contributed by atoms with van der Waals surface area (Å²) in [6, 6.07) is 6.01. The van der Waals surface area contributed by atoms with E-state index in [1.165, 1.54) is 0 Å². The van der Waals surface area contributed by atoms with E-state index in [4.69, 9.17) is 17.3 Å². The van der Waals surface area contributed by atoms with Crippen molar-refractivity contribution in [3.8, 4) is 0 Å². The number of halogens is 1. The Morgan fingerprint density at radius 2 is 1.93 bits per heavy atom. The van der Waals surface area contributed by atoms with Gasteiger partial charge in [-0.25, -0.2) is 0 Å². The highest BCUT2D eigenvalue weighted by Crippen LogP contribution is 2.27. The molecule has 0 aliphatic rings. The molecule has 1 aromatic carbocycles. The minimum Gasteiger partial charge on any atom is -0.397 e.